The molecule has 2 N–H and O–H groups in total. The van der Waals surface area contributed by atoms with Crippen molar-refractivity contribution in [3.63, 3.8) is 0 Å². The number of ether oxygens (including phenoxy) is 1. The normalized spacial score (nSPS) is 23.4. The number of carboxylic acids is 1. The molecule has 0 radical (unpaired) electrons. The number of esters is 1. The van der Waals surface area contributed by atoms with Gasteiger partial charge in [-0.2, -0.15) is 0 Å². The van der Waals surface area contributed by atoms with Crippen molar-refractivity contribution in [3.8, 4) is 0 Å². The first-order valence-electron chi connectivity index (χ1n) is 11.0. The third kappa shape index (κ3) is 8.93. The minimum absolute atomic E-state index is 0.0373. The third-order valence-electron chi connectivity index (χ3n) is 6.04. The summed E-state index contributed by atoms with van der Waals surface area (Å²) in [6.45, 7) is 15.2. The largest absolute Gasteiger partial charge is 0.481 e. The third-order valence-corrected chi connectivity index (χ3v) is 6.04. The molecule has 0 aliphatic carbocycles. The Morgan fingerprint density at radius 2 is 1.25 bits per heavy atom. The van der Waals surface area contributed by atoms with Crippen LogP contribution in [0.25, 0.3) is 0 Å². The zero-order valence-corrected chi connectivity index (χ0v) is 19.0. The van der Waals surface area contributed by atoms with Gasteiger partial charge in [0.05, 0.1) is 0 Å². The van der Waals surface area contributed by atoms with Gasteiger partial charge in [0.2, 0.25) is 0 Å². The maximum atomic E-state index is 12.6. The molecule has 2 unspecified atom stereocenters. The first kappa shape index (κ1) is 24.9. The molecule has 0 spiro atoms. The van der Waals surface area contributed by atoms with Crippen LogP contribution in [0.3, 0.4) is 0 Å². The average Bonchev–Trinajstić information content (AvgIpc) is 2.55. The Balaban J connectivity index is 2.45. The number of piperidine rings is 1. The van der Waals surface area contributed by atoms with E-state index in [-0.39, 0.29) is 29.3 Å². The van der Waals surface area contributed by atoms with E-state index < -0.39 is 5.97 Å². The second-order valence-corrected chi connectivity index (χ2v) is 10.6. The van der Waals surface area contributed by atoms with Gasteiger partial charge in [-0.3, -0.25) is 9.59 Å². The fourth-order valence-electron chi connectivity index (χ4n) is 4.13. The molecule has 0 amide bonds. The molecule has 5 heteroatoms. The maximum absolute atomic E-state index is 12.6. The van der Waals surface area contributed by atoms with Crippen molar-refractivity contribution in [1.29, 1.82) is 0 Å². The Kier molecular flexibility index (Phi) is 9.96. The molecule has 164 valence electrons. The molecule has 1 rings (SSSR count). The zero-order chi connectivity index (χ0) is 21.4. The lowest BCUT2D eigenvalue weighted by atomic mass is 9.65. The van der Waals surface area contributed by atoms with Crippen molar-refractivity contribution in [3.05, 3.63) is 0 Å². The van der Waals surface area contributed by atoms with E-state index in [1.165, 1.54) is 0 Å². The van der Waals surface area contributed by atoms with Gasteiger partial charge < -0.3 is 15.2 Å². The van der Waals surface area contributed by atoms with Crippen molar-refractivity contribution < 1.29 is 19.4 Å². The molecule has 1 fully saturated rings. The summed E-state index contributed by atoms with van der Waals surface area (Å²) in [5, 5.41) is 12.2. The summed E-state index contributed by atoms with van der Waals surface area (Å²) in [6, 6.07) is 0. The fourth-order valence-corrected chi connectivity index (χ4v) is 4.13. The first-order chi connectivity index (χ1) is 12.9. The molecule has 0 aromatic rings. The number of unbranched alkanes of at least 4 members (excludes halogenated alkanes) is 5. The summed E-state index contributed by atoms with van der Waals surface area (Å²) >= 11 is 0. The summed E-state index contributed by atoms with van der Waals surface area (Å²) in [5.74, 6) is -0.170. The van der Waals surface area contributed by atoms with Crippen LogP contribution in [0.15, 0.2) is 0 Å². The van der Waals surface area contributed by atoms with Crippen LogP contribution in [-0.4, -0.2) is 36.2 Å². The molecular formula is C23H43NO4. The van der Waals surface area contributed by atoms with Crippen LogP contribution in [0.1, 0.15) is 92.9 Å². The number of carboxylic acid groups (broad SMARTS) is 1. The minimum atomic E-state index is -0.720. The molecule has 5 nitrogen and oxygen atoms in total. The van der Waals surface area contributed by atoms with E-state index in [9.17, 15) is 9.59 Å². The van der Waals surface area contributed by atoms with Crippen LogP contribution in [0, 0.1) is 22.7 Å². The number of hydrogen-bond donors (Lipinski definition) is 2. The van der Waals surface area contributed by atoms with Crippen LogP contribution in [0.5, 0.6) is 0 Å². The molecule has 1 saturated heterocycles. The Labute approximate surface area is 172 Å². The van der Waals surface area contributed by atoms with Gasteiger partial charge in [-0.05, 0) is 23.7 Å². The Morgan fingerprint density at radius 3 is 1.68 bits per heavy atom. The molecule has 2 atom stereocenters. The second-order valence-electron chi connectivity index (χ2n) is 10.6. The van der Waals surface area contributed by atoms with Gasteiger partial charge in [0.25, 0.3) is 0 Å². The van der Waals surface area contributed by atoms with Gasteiger partial charge >= 0.3 is 11.9 Å². The lowest BCUT2D eigenvalue weighted by molar-refractivity contribution is -0.165. The van der Waals surface area contributed by atoms with Gasteiger partial charge in [-0.25, -0.2) is 0 Å². The molecule has 1 heterocycles. The van der Waals surface area contributed by atoms with E-state index >= 15 is 0 Å². The number of nitrogens with one attached hydrogen (secondary N) is 1. The lowest BCUT2D eigenvalue weighted by Crippen LogP contribution is -2.56. The summed E-state index contributed by atoms with van der Waals surface area (Å²) in [6.07, 6.45) is 6.33. The molecule has 0 saturated carbocycles. The molecule has 28 heavy (non-hydrogen) atoms. The summed E-state index contributed by atoms with van der Waals surface area (Å²) in [5.41, 5.74) is 0.162. The molecule has 1 aliphatic heterocycles. The van der Waals surface area contributed by atoms with Crippen LogP contribution in [0.4, 0.5) is 0 Å². The number of aliphatic carboxylic acids is 1. The van der Waals surface area contributed by atoms with Gasteiger partial charge in [0.1, 0.15) is 6.10 Å². The number of hydrogen-bond acceptors (Lipinski definition) is 4. The van der Waals surface area contributed by atoms with E-state index in [1.54, 1.807) is 0 Å². The first-order valence-corrected chi connectivity index (χ1v) is 11.0. The Bertz CT molecular complexity index is 468. The van der Waals surface area contributed by atoms with Crippen molar-refractivity contribution >= 4 is 11.9 Å². The van der Waals surface area contributed by atoms with Gasteiger partial charge in [0.15, 0.2) is 0 Å². The van der Waals surface area contributed by atoms with Crippen molar-refractivity contribution in [2.45, 2.75) is 99.0 Å². The van der Waals surface area contributed by atoms with Gasteiger partial charge in [-0.1, -0.05) is 67.2 Å². The summed E-state index contributed by atoms with van der Waals surface area (Å²) < 4.78 is 6.10. The number of carbonyl (C=O) groups is 2. The number of carbonyl (C=O) groups excluding carboxylic acids is 1. The Hall–Kier alpha value is -1.10. The minimum Gasteiger partial charge on any atom is -0.481 e. The van der Waals surface area contributed by atoms with Gasteiger partial charge in [0, 0.05) is 37.8 Å². The lowest BCUT2D eigenvalue weighted by Gasteiger charge is -2.48. The van der Waals surface area contributed by atoms with Crippen LogP contribution >= 0.6 is 0 Å². The van der Waals surface area contributed by atoms with E-state index in [0.717, 1.165) is 51.6 Å². The van der Waals surface area contributed by atoms with E-state index in [4.69, 9.17) is 9.84 Å². The monoisotopic (exact) mass is 397 g/mol. The summed E-state index contributed by atoms with van der Waals surface area (Å²) in [7, 11) is 0. The topological polar surface area (TPSA) is 75.6 Å². The van der Waals surface area contributed by atoms with E-state index in [0.29, 0.717) is 18.3 Å². The SMILES string of the molecule is CC(C)(C)C1CNCC(C(C)(C)C)C1OC(=O)CCCCCCCCC(=O)O. The van der Waals surface area contributed by atoms with Crippen molar-refractivity contribution in [1.82, 2.24) is 5.32 Å². The second kappa shape index (κ2) is 11.2. The van der Waals surface area contributed by atoms with E-state index in [1.807, 2.05) is 0 Å². The maximum Gasteiger partial charge on any atom is 0.306 e. The molecule has 0 aromatic heterocycles. The van der Waals surface area contributed by atoms with Crippen LogP contribution in [-0.2, 0) is 14.3 Å². The summed E-state index contributed by atoms with van der Waals surface area (Å²) in [4.78, 5) is 23.0. The standard InChI is InChI=1S/C23H43NO4/c1-22(2,3)17-15-24-16-18(23(4,5)6)21(17)28-20(27)14-12-10-8-7-9-11-13-19(25)26/h17-18,21,24H,7-16H2,1-6H3,(H,25,26). The van der Waals surface area contributed by atoms with Crippen LogP contribution < -0.4 is 5.32 Å². The predicted molar refractivity (Wildman–Crippen MR) is 113 cm³/mol. The molecule has 0 aromatic carbocycles. The highest BCUT2D eigenvalue weighted by atomic mass is 16.5. The molecule has 0 bridgehead atoms. The highest BCUT2D eigenvalue weighted by Gasteiger charge is 2.45. The zero-order valence-electron chi connectivity index (χ0n) is 19.0. The fraction of sp³-hybridized carbons (Fsp3) is 0.913. The molecule has 1 aliphatic rings. The highest BCUT2D eigenvalue weighted by molar-refractivity contribution is 5.69. The highest BCUT2D eigenvalue weighted by Crippen LogP contribution is 2.41. The van der Waals surface area contributed by atoms with Crippen LogP contribution in [0.2, 0.25) is 0 Å². The van der Waals surface area contributed by atoms with E-state index in [2.05, 4.69) is 46.9 Å². The Morgan fingerprint density at radius 1 is 0.821 bits per heavy atom. The molecular weight excluding hydrogens is 354 g/mol. The van der Waals surface area contributed by atoms with Crippen molar-refractivity contribution in [2.24, 2.45) is 22.7 Å². The van der Waals surface area contributed by atoms with Gasteiger partial charge in [-0.15, -0.1) is 0 Å². The van der Waals surface area contributed by atoms with Crippen molar-refractivity contribution in [2.75, 3.05) is 13.1 Å². The predicted octanol–water partition coefficient (Wildman–Crippen LogP) is 5.03. The quantitative estimate of drug-likeness (QED) is 0.399. The number of rotatable bonds is 10. The smallest absolute Gasteiger partial charge is 0.306 e. The average molecular weight is 398 g/mol.